The van der Waals surface area contributed by atoms with Crippen LogP contribution in [0.2, 0.25) is 0 Å². The number of hydrogen-bond donors (Lipinski definition) is 0. The molecule has 4 nitrogen and oxygen atoms in total. The van der Waals surface area contributed by atoms with E-state index in [1.54, 1.807) is 12.1 Å². The fraction of sp³-hybridized carbons (Fsp3) is 0.556. The Balaban J connectivity index is 2.13. The Morgan fingerprint density at radius 2 is 1.82 bits per heavy atom. The smallest absolute Gasteiger partial charge is 0.311 e. The number of hydrogen-bond acceptors (Lipinski definition) is 4. The molecule has 1 aromatic carbocycles. The van der Waals surface area contributed by atoms with Crippen LogP contribution in [0.15, 0.2) is 24.3 Å². The van der Waals surface area contributed by atoms with Gasteiger partial charge in [-0.1, -0.05) is 26.0 Å². The third kappa shape index (κ3) is 8.45. The van der Waals surface area contributed by atoms with Gasteiger partial charge in [-0.25, -0.2) is 0 Å². The van der Waals surface area contributed by atoms with Gasteiger partial charge in [0.1, 0.15) is 5.75 Å². The van der Waals surface area contributed by atoms with E-state index in [0.717, 1.165) is 18.4 Å². The molecule has 0 saturated carbocycles. The first kappa shape index (κ1) is 18.2. The third-order valence-corrected chi connectivity index (χ3v) is 3.17. The number of carbonyl (C=O) groups excluding carboxylic acids is 2. The molecule has 0 aromatic heterocycles. The van der Waals surface area contributed by atoms with Gasteiger partial charge in [-0.2, -0.15) is 0 Å². The normalized spacial score (nSPS) is 10.5. The quantitative estimate of drug-likeness (QED) is 0.392. The maximum absolute atomic E-state index is 11.7. The Morgan fingerprint density at radius 1 is 1.09 bits per heavy atom. The zero-order valence-electron chi connectivity index (χ0n) is 13.8. The summed E-state index contributed by atoms with van der Waals surface area (Å²) in [5.41, 5.74) is 1.04. The van der Waals surface area contributed by atoms with E-state index in [1.165, 1.54) is 0 Å². The molecule has 0 saturated heterocycles. The van der Waals surface area contributed by atoms with Gasteiger partial charge in [0.05, 0.1) is 6.61 Å². The molecule has 0 unspecified atom stereocenters. The average molecular weight is 306 g/mol. The molecule has 0 N–H and O–H groups in total. The highest BCUT2D eigenvalue weighted by Gasteiger charge is 2.08. The molecule has 0 heterocycles. The minimum Gasteiger partial charge on any atom is -0.466 e. The maximum Gasteiger partial charge on any atom is 0.311 e. The van der Waals surface area contributed by atoms with Crippen molar-refractivity contribution in [3.05, 3.63) is 29.8 Å². The molecular weight excluding hydrogens is 280 g/mol. The summed E-state index contributed by atoms with van der Waals surface area (Å²) >= 11 is 0. The first-order chi connectivity index (χ1) is 10.5. The van der Waals surface area contributed by atoms with E-state index >= 15 is 0 Å². The maximum atomic E-state index is 11.7. The summed E-state index contributed by atoms with van der Waals surface area (Å²) in [4.78, 5) is 23.2. The van der Waals surface area contributed by atoms with E-state index in [-0.39, 0.29) is 24.8 Å². The molecule has 0 atom stereocenters. The van der Waals surface area contributed by atoms with Crippen molar-refractivity contribution in [3.63, 3.8) is 0 Å². The second kappa shape index (κ2) is 9.98. The zero-order valence-corrected chi connectivity index (χ0v) is 13.8. The lowest BCUT2D eigenvalue weighted by Gasteiger charge is -2.07. The highest BCUT2D eigenvalue weighted by Crippen LogP contribution is 2.13. The van der Waals surface area contributed by atoms with Crippen molar-refractivity contribution >= 4 is 11.9 Å². The number of aryl methyl sites for hydroxylation is 1. The van der Waals surface area contributed by atoms with E-state index in [4.69, 9.17) is 9.47 Å². The second-order valence-electron chi connectivity index (χ2n) is 5.90. The predicted molar refractivity (Wildman–Crippen MR) is 85.7 cm³/mol. The van der Waals surface area contributed by atoms with Crippen molar-refractivity contribution in [1.29, 1.82) is 0 Å². The zero-order chi connectivity index (χ0) is 16.4. The summed E-state index contributed by atoms with van der Waals surface area (Å²) in [5.74, 6) is 0.599. The highest BCUT2D eigenvalue weighted by molar-refractivity contribution is 5.74. The molecule has 0 radical (unpaired) electrons. The number of carbonyl (C=O) groups is 2. The van der Waals surface area contributed by atoms with E-state index in [1.807, 2.05) is 19.1 Å². The molecule has 1 aromatic rings. The largest absolute Gasteiger partial charge is 0.466 e. The van der Waals surface area contributed by atoms with Gasteiger partial charge in [0.2, 0.25) is 0 Å². The average Bonchev–Trinajstić information content (AvgIpc) is 2.43. The first-order valence-corrected chi connectivity index (χ1v) is 7.90. The minimum atomic E-state index is -0.321. The molecule has 0 aliphatic carbocycles. The van der Waals surface area contributed by atoms with Gasteiger partial charge in [-0.05, 0) is 49.8 Å². The van der Waals surface area contributed by atoms with Crippen LogP contribution in [0.25, 0.3) is 0 Å². The van der Waals surface area contributed by atoms with Crippen LogP contribution in [0.3, 0.4) is 0 Å². The van der Waals surface area contributed by atoms with Gasteiger partial charge >= 0.3 is 11.9 Å². The summed E-state index contributed by atoms with van der Waals surface area (Å²) in [5, 5.41) is 0. The molecule has 22 heavy (non-hydrogen) atoms. The van der Waals surface area contributed by atoms with Gasteiger partial charge in [0.25, 0.3) is 0 Å². The molecule has 0 bridgehead atoms. The Morgan fingerprint density at radius 3 is 2.50 bits per heavy atom. The van der Waals surface area contributed by atoms with E-state index in [0.29, 0.717) is 24.7 Å². The number of ether oxygens (including phenoxy) is 2. The second-order valence-corrected chi connectivity index (χ2v) is 5.90. The van der Waals surface area contributed by atoms with E-state index < -0.39 is 0 Å². The molecule has 0 spiro atoms. The van der Waals surface area contributed by atoms with Crippen molar-refractivity contribution in [3.8, 4) is 5.75 Å². The topological polar surface area (TPSA) is 52.6 Å². The van der Waals surface area contributed by atoms with Crippen LogP contribution in [-0.4, -0.2) is 18.5 Å². The molecule has 122 valence electrons. The summed E-state index contributed by atoms with van der Waals surface area (Å²) in [6.07, 6.45) is 2.86. The Hall–Kier alpha value is -1.84. The lowest BCUT2D eigenvalue weighted by molar-refractivity contribution is -0.144. The standard InChI is InChI=1S/C18H26O4/c1-14(2)7-6-12-21-17(19)10-5-11-18(20)22-16-9-4-8-15(3)13-16/h4,8-9,13-14H,5-7,10-12H2,1-3H3. The van der Waals surface area contributed by atoms with Gasteiger partial charge in [-0.15, -0.1) is 0 Å². The van der Waals surface area contributed by atoms with E-state index in [9.17, 15) is 9.59 Å². The number of esters is 2. The fourth-order valence-corrected chi connectivity index (χ4v) is 1.99. The summed E-state index contributed by atoms with van der Waals surface area (Å²) < 4.78 is 10.3. The lowest BCUT2D eigenvalue weighted by atomic mass is 10.1. The van der Waals surface area contributed by atoms with Crippen LogP contribution < -0.4 is 4.74 Å². The molecule has 4 heteroatoms. The van der Waals surface area contributed by atoms with Crippen molar-refractivity contribution < 1.29 is 19.1 Å². The number of benzene rings is 1. The molecular formula is C18H26O4. The van der Waals surface area contributed by atoms with Crippen LogP contribution in [0.1, 0.15) is 51.5 Å². The Kier molecular flexibility index (Phi) is 8.26. The SMILES string of the molecule is Cc1cccc(OC(=O)CCCC(=O)OCCCC(C)C)c1. The Labute approximate surface area is 132 Å². The molecule has 0 aliphatic rings. The molecule has 0 amide bonds. The van der Waals surface area contributed by atoms with Crippen molar-refractivity contribution in [2.24, 2.45) is 5.92 Å². The van der Waals surface area contributed by atoms with Gasteiger partial charge in [0, 0.05) is 12.8 Å². The van der Waals surface area contributed by atoms with Crippen LogP contribution in [0, 0.1) is 12.8 Å². The molecule has 0 aliphatic heterocycles. The number of rotatable bonds is 9. The monoisotopic (exact) mass is 306 g/mol. The third-order valence-electron chi connectivity index (χ3n) is 3.17. The highest BCUT2D eigenvalue weighted by atomic mass is 16.5. The van der Waals surface area contributed by atoms with Gasteiger partial charge < -0.3 is 9.47 Å². The van der Waals surface area contributed by atoms with Crippen molar-refractivity contribution in [1.82, 2.24) is 0 Å². The molecule has 0 fully saturated rings. The van der Waals surface area contributed by atoms with Crippen LogP contribution in [0.5, 0.6) is 5.75 Å². The summed E-state index contributed by atoms with van der Waals surface area (Å²) in [6, 6.07) is 7.33. The first-order valence-electron chi connectivity index (χ1n) is 7.90. The van der Waals surface area contributed by atoms with Crippen LogP contribution in [0.4, 0.5) is 0 Å². The van der Waals surface area contributed by atoms with Crippen LogP contribution >= 0.6 is 0 Å². The summed E-state index contributed by atoms with van der Waals surface area (Å²) in [6.45, 7) is 6.68. The van der Waals surface area contributed by atoms with Gasteiger partial charge in [0.15, 0.2) is 0 Å². The lowest BCUT2D eigenvalue weighted by Crippen LogP contribution is -2.10. The minimum absolute atomic E-state index is 0.217. The van der Waals surface area contributed by atoms with Crippen molar-refractivity contribution in [2.75, 3.05) is 6.61 Å². The van der Waals surface area contributed by atoms with E-state index in [2.05, 4.69) is 13.8 Å². The molecule has 1 rings (SSSR count). The van der Waals surface area contributed by atoms with Crippen molar-refractivity contribution in [2.45, 2.75) is 52.9 Å². The fourth-order valence-electron chi connectivity index (χ4n) is 1.99. The summed E-state index contributed by atoms with van der Waals surface area (Å²) in [7, 11) is 0. The van der Waals surface area contributed by atoms with Gasteiger partial charge in [-0.3, -0.25) is 9.59 Å². The van der Waals surface area contributed by atoms with Crippen LogP contribution in [-0.2, 0) is 14.3 Å². The predicted octanol–water partition coefficient (Wildman–Crippen LogP) is 4.05. The Bertz CT molecular complexity index is 480.